The highest BCUT2D eigenvalue weighted by Gasteiger charge is 2.25. The van der Waals surface area contributed by atoms with Crippen LogP contribution in [0.25, 0.3) is 0 Å². The predicted molar refractivity (Wildman–Crippen MR) is 110 cm³/mol. The molecule has 0 spiro atoms. The van der Waals surface area contributed by atoms with Gasteiger partial charge in [-0.2, -0.15) is 0 Å². The van der Waals surface area contributed by atoms with Crippen molar-refractivity contribution in [3.8, 4) is 0 Å². The number of rotatable bonds is 6. The van der Waals surface area contributed by atoms with Crippen LogP contribution in [0.5, 0.6) is 0 Å². The molecule has 1 unspecified atom stereocenters. The van der Waals surface area contributed by atoms with Gasteiger partial charge in [0.2, 0.25) is 0 Å². The lowest BCUT2D eigenvalue weighted by molar-refractivity contribution is -0.885. The van der Waals surface area contributed by atoms with Crippen molar-refractivity contribution in [1.29, 1.82) is 0 Å². The molecule has 1 aliphatic heterocycles. The van der Waals surface area contributed by atoms with Crippen molar-refractivity contribution in [3.05, 3.63) is 35.4 Å². The summed E-state index contributed by atoms with van der Waals surface area (Å²) in [5, 5.41) is 3.12. The fourth-order valence-electron chi connectivity index (χ4n) is 3.51. The number of nitrogens with one attached hydrogen (secondary N) is 2. The summed E-state index contributed by atoms with van der Waals surface area (Å²) >= 11 is 0. The molecule has 1 aromatic carbocycles. The summed E-state index contributed by atoms with van der Waals surface area (Å²) in [6, 6.07) is 8.82. The molecule has 1 aliphatic rings. The Morgan fingerprint density at radius 2 is 1.79 bits per heavy atom. The summed E-state index contributed by atoms with van der Waals surface area (Å²) in [4.78, 5) is 27.0. The summed E-state index contributed by atoms with van der Waals surface area (Å²) in [5.41, 5.74) is 2.71. The maximum atomic E-state index is 12.4. The third-order valence-corrected chi connectivity index (χ3v) is 5.17. The Bertz CT molecular complexity index is 644. The fraction of sp³-hybridized carbons (Fsp3) is 0.636. The summed E-state index contributed by atoms with van der Waals surface area (Å²) in [6.45, 7) is 11.4. The monoisotopic (exact) mass is 390 g/mol. The highest BCUT2D eigenvalue weighted by molar-refractivity contribution is 5.77. The Morgan fingerprint density at radius 1 is 1.18 bits per heavy atom. The van der Waals surface area contributed by atoms with E-state index >= 15 is 0 Å². The van der Waals surface area contributed by atoms with Crippen LogP contribution in [0, 0.1) is 0 Å². The van der Waals surface area contributed by atoms with Crippen LogP contribution in [0.15, 0.2) is 24.3 Å². The van der Waals surface area contributed by atoms with E-state index in [2.05, 4.69) is 50.4 Å². The average Bonchev–Trinajstić information content (AvgIpc) is 2.62. The van der Waals surface area contributed by atoms with Crippen molar-refractivity contribution in [2.75, 3.05) is 33.3 Å². The molecule has 2 rings (SSSR count). The minimum atomic E-state index is -0.256. The number of benzene rings is 1. The van der Waals surface area contributed by atoms with Crippen molar-refractivity contribution in [2.45, 2.75) is 58.5 Å². The second kappa shape index (κ2) is 9.92. The molecular weight excluding hydrogens is 354 g/mol. The van der Waals surface area contributed by atoms with Crippen LogP contribution in [0.1, 0.15) is 51.7 Å². The minimum absolute atomic E-state index is 0.0680. The molecule has 1 heterocycles. The Kier molecular flexibility index (Phi) is 7.87. The van der Waals surface area contributed by atoms with E-state index in [0.29, 0.717) is 26.2 Å². The molecule has 6 heteroatoms. The van der Waals surface area contributed by atoms with Gasteiger partial charge < -0.3 is 19.9 Å². The third kappa shape index (κ3) is 6.82. The minimum Gasteiger partial charge on any atom is -0.450 e. The number of hydrogen-bond acceptors (Lipinski definition) is 3. The molecule has 1 aromatic rings. The van der Waals surface area contributed by atoms with E-state index < -0.39 is 0 Å². The van der Waals surface area contributed by atoms with Crippen molar-refractivity contribution in [2.24, 2.45) is 0 Å². The zero-order valence-corrected chi connectivity index (χ0v) is 18.0. The number of quaternary nitrogens is 1. The first-order valence-electron chi connectivity index (χ1n) is 10.3. The van der Waals surface area contributed by atoms with Gasteiger partial charge in [-0.25, -0.2) is 4.79 Å². The molecule has 156 valence electrons. The molecule has 2 N–H and O–H groups in total. The highest BCUT2D eigenvalue weighted by atomic mass is 16.6. The van der Waals surface area contributed by atoms with Crippen LogP contribution in [0.2, 0.25) is 0 Å². The molecule has 0 saturated carbocycles. The van der Waals surface area contributed by atoms with Gasteiger partial charge in [0.1, 0.15) is 6.54 Å². The van der Waals surface area contributed by atoms with Crippen LogP contribution in [-0.4, -0.2) is 56.2 Å². The number of ether oxygens (including phenoxy) is 1. The molecule has 0 bridgehead atoms. The Morgan fingerprint density at radius 3 is 2.32 bits per heavy atom. The van der Waals surface area contributed by atoms with Gasteiger partial charge in [-0.1, -0.05) is 45.0 Å². The van der Waals surface area contributed by atoms with E-state index in [9.17, 15) is 9.59 Å². The van der Waals surface area contributed by atoms with Crippen molar-refractivity contribution in [1.82, 2.24) is 10.2 Å². The lowest BCUT2D eigenvalue weighted by atomic mass is 9.87. The average molecular weight is 391 g/mol. The van der Waals surface area contributed by atoms with Gasteiger partial charge in [-0.15, -0.1) is 0 Å². The number of carbonyl (C=O) groups is 2. The summed E-state index contributed by atoms with van der Waals surface area (Å²) < 4.78 is 5.03. The van der Waals surface area contributed by atoms with Gasteiger partial charge in [0.25, 0.3) is 5.91 Å². The van der Waals surface area contributed by atoms with Gasteiger partial charge in [-0.05, 0) is 30.7 Å². The van der Waals surface area contributed by atoms with Crippen LogP contribution >= 0.6 is 0 Å². The smallest absolute Gasteiger partial charge is 0.409 e. The van der Waals surface area contributed by atoms with Gasteiger partial charge >= 0.3 is 6.09 Å². The van der Waals surface area contributed by atoms with Crippen molar-refractivity contribution in [3.63, 3.8) is 0 Å². The fourth-order valence-corrected chi connectivity index (χ4v) is 3.51. The molecule has 0 radical (unpaired) electrons. The normalized spacial score (nSPS) is 16.5. The van der Waals surface area contributed by atoms with Crippen LogP contribution < -0.4 is 10.2 Å². The van der Waals surface area contributed by atoms with E-state index in [1.165, 1.54) is 11.1 Å². The van der Waals surface area contributed by atoms with Gasteiger partial charge in [-0.3, -0.25) is 4.79 Å². The Labute approximate surface area is 169 Å². The molecule has 0 aromatic heterocycles. The molecule has 2 amide bonds. The van der Waals surface area contributed by atoms with Gasteiger partial charge in [0, 0.05) is 24.7 Å². The second-order valence-corrected chi connectivity index (χ2v) is 8.79. The van der Waals surface area contributed by atoms with Crippen molar-refractivity contribution >= 4 is 12.0 Å². The summed E-state index contributed by atoms with van der Waals surface area (Å²) in [7, 11) is 2.04. The maximum absolute atomic E-state index is 12.4. The Hall–Kier alpha value is -2.08. The number of hydrogen-bond donors (Lipinski definition) is 2. The number of likely N-dealkylation sites (tertiary alicyclic amines) is 1. The number of carbonyl (C=O) groups excluding carboxylic acids is 2. The first kappa shape index (κ1) is 22.2. The SMILES string of the molecule is CCOC(=O)N1CCC(NC(=O)C[NH+](C)Cc2ccc(C(C)(C)C)cc2)CC1. The largest absolute Gasteiger partial charge is 0.450 e. The lowest BCUT2D eigenvalue weighted by Gasteiger charge is -2.31. The molecule has 1 atom stereocenters. The van der Waals surface area contributed by atoms with Crippen molar-refractivity contribution < 1.29 is 19.2 Å². The van der Waals surface area contributed by atoms with Crippen LogP contribution in [-0.2, 0) is 21.5 Å². The molecule has 28 heavy (non-hydrogen) atoms. The van der Waals surface area contributed by atoms with E-state index in [4.69, 9.17) is 4.74 Å². The molecule has 1 saturated heterocycles. The summed E-state index contributed by atoms with van der Waals surface area (Å²) in [5.74, 6) is 0.0680. The van der Waals surface area contributed by atoms with Crippen LogP contribution in [0.4, 0.5) is 4.79 Å². The highest BCUT2D eigenvalue weighted by Crippen LogP contribution is 2.21. The van der Waals surface area contributed by atoms with E-state index in [1.807, 2.05) is 14.0 Å². The number of piperidine rings is 1. The first-order valence-corrected chi connectivity index (χ1v) is 10.3. The topological polar surface area (TPSA) is 63.1 Å². The summed E-state index contributed by atoms with van der Waals surface area (Å²) in [6.07, 6.45) is 1.30. The quantitative estimate of drug-likeness (QED) is 0.778. The molecule has 0 aliphatic carbocycles. The number of amides is 2. The molecule has 1 fully saturated rings. The van der Waals surface area contributed by atoms with E-state index in [1.54, 1.807) is 4.90 Å². The standard InChI is InChI=1S/C22H35N3O3/c1-6-28-21(27)25-13-11-19(12-14-25)23-20(26)16-24(5)15-17-7-9-18(10-8-17)22(2,3)4/h7-10,19H,6,11-16H2,1-5H3,(H,23,26)/p+1. The van der Waals surface area contributed by atoms with E-state index in [0.717, 1.165) is 24.3 Å². The predicted octanol–water partition coefficient (Wildman–Crippen LogP) is 1.74. The zero-order valence-electron chi connectivity index (χ0n) is 18.0. The number of likely N-dealkylation sites (N-methyl/N-ethyl adjacent to an activating group) is 1. The maximum Gasteiger partial charge on any atom is 0.409 e. The van der Waals surface area contributed by atoms with E-state index in [-0.39, 0.29) is 23.5 Å². The third-order valence-electron chi connectivity index (χ3n) is 5.17. The number of nitrogens with zero attached hydrogens (tertiary/aromatic N) is 1. The Balaban J connectivity index is 1.73. The second-order valence-electron chi connectivity index (χ2n) is 8.79. The first-order chi connectivity index (χ1) is 13.2. The van der Waals surface area contributed by atoms with Gasteiger partial charge in [0.15, 0.2) is 6.54 Å². The molecule has 6 nitrogen and oxygen atoms in total. The van der Waals surface area contributed by atoms with Gasteiger partial charge in [0.05, 0.1) is 13.7 Å². The van der Waals surface area contributed by atoms with Crippen LogP contribution in [0.3, 0.4) is 0 Å². The zero-order chi connectivity index (χ0) is 20.7. The lowest BCUT2D eigenvalue weighted by Crippen LogP contribution is -3.09. The molecular formula is C22H36N3O3+.